The maximum absolute atomic E-state index is 11.9. The smallest absolute Gasteiger partial charge is 0.309 e. The molecule has 0 unspecified atom stereocenters. The van der Waals surface area contributed by atoms with E-state index >= 15 is 0 Å². The molecule has 0 aromatic heterocycles. The second-order valence-corrected chi connectivity index (χ2v) is 20.5. The van der Waals surface area contributed by atoms with Gasteiger partial charge >= 0.3 is 23.9 Å². The quantitative estimate of drug-likeness (QED) is 0.0945. The van der Waals surface area contributed by atoms with E-state index in [2.05, 4.69) is 21.3 Å². The van der Waals surface area contributed by atoms with Crippen LogP contribution in [0.25, 0.3) is 0 Å². The van der Waals surface area contributed by atoms with Crippen molar-refractivity contribution in [3.63, 3.8) is 0 Å². The standard InChI is InChI=1S/2C14H23NO4.2C10H15NO4/c2*1-6-14(10(16)7-11(17)15-14)8-9(2)12(18)19-13(3,4)5;2*1-3-10(5-6(2)9(14)15)7(12)4-8(13)11-10/h2*9H,6-8H2,1-5H3,(H,15,17);2*6H,3-5H2,1-2H3,(H,11,13)(H,14,15)/t2*9-,14+;2*6-,10+/m1010/s1. The molecule has 0 aromatic rings. The van der Waals surface area contributed by atoms with Gasteiger partial charge in [0, 0.05) is 0 Å². The van der Waals surface area contributed by atoms with Gasteiger partial charge in [-0.1, -0.05) is 55.4 Å². The third-order valence-electron chi connectivity index (χ3n) is 12.4. The van der Waals surface area contributed by atoms with E-state index in [1.807, 2.05) is 13.8 Å². The van der Waals surface area contributed by atoms with Gasteiger partial charge in [0.05, 0.1) is 71.5 Å². The van der Waals surface area contributed by atoms with Crippen molar-refractivity contribution in [2.24, 2.45) is 23.7 Å². The van der Waals surface area contributed by atoms with E-state index in [1.54, 1.807) is 69.2 Å². The van der Waals surface area contributed by atoms with Crippen LogP contribution in [0.3, 0.4) is 0 Å². The molecule has 68 heavy (non-hydrogen) atoms. The van der Waals surface area contributed by atoms with E-state index in [0.717, 1.165) is 0 Å². The highest BCUT2D eigenvalue weighted by atomic mass is 16.6. The minimum Gasteiger partial charge on any atom is -0.481 e. The van der Waals surface area contributed by atoms with E-state index in [0.29, 0.717) is 38.5 Å². The molecule has 384 valence electrons. The number of aliphatic carboxylic acids is 2. The largest absolute Gasteiger partial charge is 0.481 e. The lowest BCUT2D eigenvalue weighted by atomic mass is 9.83. The van der Waals surface area contributed by atoms with E-state index < -0.39 is 69.0 Å². The van der Waals surface area contributed by atoms with Crippen molar-refractivity contribution >= 4 is 70.6 Å². The predicted molar refractivity (Wildman–Crippen MR) is 245 cm³/mol. The number of ether oxygens (including phenoxy) is 2. The first-order chi connectivity index (χ1) is 31.0. The summed E-state index contributed by atoms with van der Waals surface area (Å²) in [6.45, 7) is 24.6. The molecule has 4 saturated heterocycles. The Morgan fingerprint density at radius 3 is 0.765 bits per heavy atom. The van der Waals surface area contributed by atoms with Gasteiger partial charge in [-0.05, 0) is 92.9 Å². The van der Waals surface area contributed by atoms with Crippen molar-refractivity contribution in [2.45, 2.75) is 207 Å². The molecule has 8 atom stereocenters. The Morgan fingerprint density at radius 1 is 0.441 bits per heavy atom. The molecule has 4 amide bonds. The van der Waals surface area contributed by atoms with Gasteiger partial charge < -0.3 is 41.0 Å². The molecule has 20 nitrogen and oxygen atoms in total. The second-order valence-electron chi connectivity index (χ2n) is 20.5. The lowest BCUT2D eigenvalue weighted by molar-refractivity contribution is -0.161. The number of carboxylic acid groups (broad SMARTS) is 2. The summed E-state index contributed by atoms with van der Waals surface area (Å²) in [6, 6.07) is 0. The molecular weight excluding hydrogens is 889 g/mol. The topological polar surface area (TPSA) is 312 Å². The fourth-order valence-electron chi connectivity index (χ4n) is 8.40. The number of rotatable bonds is 16. The number of hydrogen-bond donors (Lipinski definition) is 6. The molecule has 0 aromatic carbocycles. The number of esters is 2. The first-order valence-corrected chi connectivity index (χ1v) is 23.3. The summed E-state index contributed by atoms with van der Waals surface area (Å²) < 4.78 is 10.6. The van der Waals surface area contributed by atoms with Gasteiger partial charge in [-0.25, -0.2) is 0 Å². The minimum absolute atomic E-state index is 0.0884. The van der Waals surface area contributed by atoms with Crippen LogP contribution in [0.4, 0.5) is 0 Å². The van der Waals surface area contributed by atoms with E-state index in [-0.39, 0.29) is 97.2 Å². The summed E-state index contributed by atoms with van der Waals surface area (Å²) in [7, 11) is 0. The Morgan fingerprint density at radius 2 is 0.632 bits per heavy atom. The third kappa shape index (κ3) is 16.9. The first kappa shape index (κ1) is 60.5. The summed E-state index contributed by atoms with van der Waals surface area (Å²) in [5.74, 6) is -6.47. The lowest BCUT2D eigenvalue weighted by Crippen LogP contribution is -2.48. The summed E-state index contributed by atoms with van der Waals surface area (Å²) in [4.78, 5) is 137. The number of carboxylic acids is 2. The van der Waals surface area contributed by atoms with Crippen LogP contribution in [0.15, 0.2) is 0 Å². The Labute approximate surface area is 399 Å². The molecule has 4 fully saturated rings. The molecule has 0 aliphatic carbocycles. The van der Waals surface area contributed by atoms with E-state index in [1.165, 1.54) is 13.8 Å². The van der Waals surface area contributed by atoms with E-state index in [9.17, 15) is 57.5 Å². The molecule has 4 heterocycles. The van der Waals surface area contributed by atoms with Crippen molar-refractivity contribution in [3.05, 3.63) is 0 Å². The van der Waals surface area contributed by atoms with Crippen molar-refractivity contribution in [3.8, 4) is 0 Å². The van der Waals surface area contributed by atoms with Crippen molar-refractivity contribution < 1.29 is 77.2 Å². The van der Waals surface area contributed by atoms with Crippen LogP contribution < -0.4 is 21.3 Å². The average Bonchev–Trinajstić information content (AvgIpc) is 3.87. The maximum Gasteiger partial charge on any atom is 0.309 e. The molecule has 4 rings (SSSR count). The third-order valence-corrected chi connectivity index (χ3v) is 12.4. The number of Topliss-reactive ketones (excluding diaryl/α,β-unsaturated/α-hetero) is 4. The van der Waals surface area contributed by atoms with Crippen LogP contribution in [0.2, 0.25) is 0 Å². The zero-order valence-corrected chi connectivity index (χ0v) is 42.4. The molecule has 0 bridgehead atoms. The van der Waals surface area contributed by atoms with Crippen LogP contribution in [0.5, 0.6) is 0 Å². The molecular formula is C48H76N4O16. The average molecular weight is 965 g/mol. The molecule has 4 aliphatic heterocycles. The van der Waals surface area contributed by atoms with Gasteiger partial charge in [0.2, 0.25) is 23.6 Å². The monoisotopic (exact) mass is 965 g/mol. The Balaban J connectivity index is 0.000000456. The molecule has 6 N–H and O–H groups in total. The van der Waals surface area contributed by atoms with Gasteiger partial charge in [-0.3, -0.25) is 57.5 Å². The highest BCUT2D eigenvalue weighted by Crippen LogP contribution is 2.32. The van der Waals surface area contributed by atoms with Gasteiger partial charge in [0.15, 0.2) is 23.1 Å². The van der Waals surface area contributed by atoms with Gasteiger partial charge in [-0.2, -0.15) is 0 Å². The number of hydrogen-bond acceptors (Lipinski definition) is 14. The summed E-state index contributed by atoms with van der Waals surface area (Å²) in [5, 5.41) is 28.2. The van der Waals surface area contributed by atoms with Crippen LogP contribution in [0.1, 0.15) is 174 Å². The number of carbonyl (C=O) groups is 12. The van der Waals surface area contributed by atoms with Crippen LogP contribution in [-0.4, -0.2) is 114 Å². The van der Waals surface area contributed by atoms with Crippen molar-refractivity contribution in [2.75, 3.05) is 0 Å². The van der Waals surface area contributed by atoms with Crippen molar-refractivity contribution in [1.82, 2.24) is 21.3 Å². The highest BCUT2D eigenvalue weighted by molar-refractivity contribution is 6.12. The number of amides is 4. The first-order valence-electron chi connectivity index (χ1n) is 23.3. The molecule has 0 saturated carbocycles. The fourth-order valence-corrected chi connectivity index (χ4v) is 8.40. The fraction of sp³-hybridized carbons (Fsp3) is 0.750. The number of nitrogens with one attached hydrogen (secondary N) is 4. The number of ketones is 4. The molecule has 4 aliphatic rings. The van der Waals surface area contributed by atoms with Crippen molar-refractivity contribution in [1.29, 1.82) is 0 Å². The normalized spacial score (nSPS) is 26.2. The lowest BCUT2D eigenvalue weighted by Gasteiger charge is -2.30. The molecule has 0 spiro atoms. The summed E-state index contributed by atoms with van der Waals surface area (Å²) in [6.07, 6.45) is 2.36. The zero-order chi connectivity index (χ0) is 53.0. The predicted octanol–water partition coefficient (Wildman–Crippen LogP) is 3.85. The Hall–Kier alpha value is -5.56. The molecule has 20 heteroatoms. The molecule has 0 radical (unpaired) electrons. The van der Waals surface area contributed by atoms with Crippen LogP contribution in [0, 0.1) is 23.7 Å². The maximum atomic E-state index is 11.9. The van der Waals surface area contributed by atoms with Crippen LogP contribution in [-0.2, 0) is 67.0 Å². The van der Waals surface area contributed by atoms with Gasteiger partial charge in [-0.15, -0.1) is 0 Å². The number of carbonyl (C=O) groups excluding carboxylic acids is 10. The Kier molecular flexibility index (Phi) is 21.5. The zero-order valence-electron chi connectivity index (χ0n) is 42.4. The SMILES string of the molecule is CC[C@@]1(C[C@@H](C)C(=O)O)NC(=O)CC1=O.CC[C@@]1(C[C@@H](C)C(=O)OC(C)(C)C)NC(=O)CC1=O.CC[C@]1(C[C@H](C)C(=O)O)NC(=O)CC1=O.CC[C@]1(C[C@H](C)C(=O)OC(C)(C)C)NC(=O)CC1=O. The van der Waals surface area contributed by atoms with Gasteiger partial charge in [0.1, 0.15) is 11.2 Å². The van der Waals surface area contributed by atoms with Crippen LogP contribution >= 0.6 is 0 Å². The summed E-state index contributed by atoms with van der Waals surface area (Å²) >= 11 is 0. The van der Waals surface area contributed by atoms with Gasteiger partial charge in [0.25, 0.3) is 0 Å². The highest BCUT2D eigenvalue weighted by Gasteiger charge is 2.49. The Bertz CT molecular complexity index is 1830. The minimum atomic E-state index is -0.950. The van der Waals surface area contributed by atoms with E-state index in [4.69, 9.17) is 19.7 Å². The summed E-state index contributed by atoms with van der Waals surface area (Å²) in [5.41, 5.74) is -4.79. The second kappa shape index (κ2) is 24.1.